The molecule has 0 amide bonds. The van der Waals surface area contributed by atoms with Crippen molar-refractivity contribution in [2.24, 2.45) is 0 Å². The number of nitrogens with one attached hydrogen (secondary N) is 1. The number of thiophene rings is 1. The van der Waals surface area contributed by atoms with Gasteiger partial charge in [-0.25, -0.2) is 0 Å². The summed E-state index contributed by atoms with van der Waals surface area (Å²) in [5.74, 6) is 1.18. The van der Waals surface area contributed by atoms with Crippen molar-refractivity contribution in [3.63, 3.8) is 0 Å². The molecule has 1 saturated heterocycles. The van der Waals surface area contributed by atoms with E-state index in [-0.39, 0.29) is 12.4 Å². The Kier molecular flexibility index (Phi) is 7.65. The first-order valence-electron chi connectivity index (χ1n) is 3.57. The Hall–Kier alpha value is 0.01000. The lowest BCUT2D eigenvalue weighted by molar-refractivity contribution is 1.04. The molecule has 4 heteroatoms. The summed E-state index contributed by atoms with van der Waals surface area (Å²) < 4.78 is 0. The van der Waals surface area contributed by atoms with Gasteiger partial charge >= 0.3 is 0 Å². The molecule has 1 nitrogen and oxygen atoms in total. The van der Waals surface area contributed by atoms with Gasteiger partial charge in [-0.15, -0.1) is 24.2 Å². The molecule has 0 aliphatic carbocycles. The molecule has 1 aromatic rings. The summed E-state index contributed by atoms with van der Waals surface area (Å²) in [6, 6.07) is 4.04. The molecule has 0 atom stereocenters. The van der Waals surface area contributed by atoms with Gasteiger partial charge in [0, 0.05) is 0 Å². The average Bonchev–Trinajstić information content (AvgIpc) is 2.57. The molecule has 1 aliphatic heterocycles. The van der Waals surface area contributed by atoms with E-state index >= 15 is 0 Å². The minimum atomic E-state index is 0. The van der Waals surface area contributed by atoms with Crippen LogP contribution in [-0.2, 0) is 0 Å². The lowest BCUT2D eigenvalue weighted by atomic mass is 10.4. The Balaban J connectivity index is 0.000000189. The lowest BCUT2D eigenvalue weighted by Gasteiger charge is -1.77. The van der Waals surface area contributed by atoms with Crippen molar-refractivity contribution < 1.29 is 0 Å². The van der Waals surface area contributed by atoms with Crippen LogP contribution in [-0.4, -0.2) is 10.8 Å². The molecule has 1 N–H and O–H groups in total. The van der Waals surface area contributed by atoms with Gasteiger partial charge in [-0.1, -0.05) is 12.1 Å². The summed E-state index contributed by atoms with van der Waals surface area (Å²) in [5.41, 5.74) is 0. The van der Waals surface area contributed by atoms with Gasteiger partial charge < -0.3 is 0 Å². The molecule has 1 aromatic heterocycles. The van der Waals surface area contributed by atoms with Crippen LogP contribution >= 0.6 is 35.5 Å². The van der Waals surface area contributed by atoms with E-state index in [0.717, 1.165) is 11.5 Å². The summed E-state index contributed by atoms with van der Waals surface area (Å²) in [7, 11) is 0. The van der Waals surface area contributed by atoms with Gasteiger partial charge in [-0.3, -0.25) is 5.41 Å². The van der Waals surface area contributed by atoms with Crippen molar-refractivity contribution in [2.45, 2.75) is 12.8 Å². The van der Waals surface area contributed by atoms with Crippen LogP contribution in [0, 0.1) is 5.41 Å². The number of hydrogen-bond acceptors (Lipinski definition) is 3. The molecule has 2 rings (SSSR count). The highest BCUT2D eigenvalue weighted by atomic mass is 35.5. The van der Waals surface area contributed by atoms with Crippen LogP contribution in [0.1, 0.15) is 12.8 Å². The number of rotatable bonds is 0. The van der Waals surface area contributed by atoms with E-state index < -0.39 is 0 Å². The van der Waals surface area contributed by atoms with E-state index in [0.29, 0.717) is 0 Å². The second-order valence-corrected chi connectivity index (χ2v) is 4.17. The summed E-state index contributed by atoms with van der Waals surface area (Å²) in [4.78, 5) is 0. The molecule has 0 saturated carbocycles. The second kappa shape index (κ2) is 7.65. The van der Waals surface area contributed by atoms with Gasteiger partial charge in [-0.2, -0.15) is 11.3 Å². The van der Waals surface area contributed by atoms with E-state index in [1.807, 2.05) is 22.9 Å². The molecule has 68 valence electrons. The van der Waals surface area contributed by atoms with E-state index in [4.69, 9.17) is 5.41 Å². The Morgan fingerprint density at radius 2 is 1.92 bits per heavy atom. The first kappa shape index (κ1) is 12.0. The smallest absolute Gasteiger partial charge is 0.0641 e. The molecular formula is C8H12ClNS2. The van der Waals surface area contributed by atoms with Crippen molar-refractivity contribution in [1.82, 2.24) is 0 Å². The fraction of sp³-hybridized carbons (Fsp3) is 0.375. The van der Waals surface area contributed by atoms with Crippen molar-refractivity contribution in [3.05, 3.63) is 22.9 Å². The summed E-state index contributed by atoms with van der Waals surface area (Å²) >= 11 is 3.39. The molecule has 0 unspecified atom stereocenters. The van der Waals surface area contributed by atoms with Crippen molar-refractivity contribution >= 4 is 40.5 Å². The first-order chi connectivity index (χ1) is 5.39. The number of halogens is 1. The largest absolute Gasteiger partial charge is 0.298 e. The monoisotopic (exact) mass is 221 g/mol. The van der Waals surface area contributed by atoms with Crippen molar-refractivity contribution in [3.8, 4) is 0 Å². The molecule has 0 aromatic carbocycles. The molecule has 0 radical (unpaired) electrons. The van der Waals surface area contributed by atoms with Crippen LogP contribution in [0.25, 0.3) is 0 Å². The van der Waals surface area contributed by atoms with E-state index in [9.17, 15) is 0 Å². The predicted octanol–water partition coefficient (Wildman–Crippen LogP) is 3.66. The molecule has 12 heavy (non-hydrogen) atoms. The maximum atomic E-state index is 7.01. The zero-order valence-corrected chi connectivity index (χ0v) is 9.10. The summed E-state index contributed by atoms with van der Waals surface area (Å²) in [5, 5.41) is 12.0. The van der Waals surface area contributed by atoms with Crippen LogP contribution < -0.4 is 0 Å². The highest BCUT2D eigenvalue weighted by Gasteiger charge is 2.04. The normalized spacial score (nSPS) is 14.5. The highest BCUT2D eigenvalue weighted by Crippen LogP contribution is 2.17. The quantitative estimate of drug-likeness (QED) is 0.710. The Labute approximate surface area is 87.5 Å². The SMILES string of the molecule is Cl.N=C1CCCS1.c1ccsc1. The third-order valence-electron chi connectivity index (χ3n) is 1.25. The van der Waals surface area contributed by atoms with Crippen molar-refractivity contribution in [1.29, 1.82) is 5.41 Å². The Morgan fingerprint density at radius 3 is 2.08 bits per heavy atom. The van der Waals surface area contributed by atoms with Gasteiger partial charge in [0.25, 0.3) is 0 Å². The summed E-state index contributed by atoms with van der Waals surface area (Å²) in [6.45, 7) is 0. The predicted molar refractivity (Wildman–Crippen MR) is 61.0 cm³/mol. The molecule has 0 spiro atoms. The third kappa shape index (κ3) is 5.63. The van der Waals surface area contributed by atoms with Crippen LogP contribution in [0.5, 0.6) is 0 Å². The Morgan fingerprint density at radius 1 is 1.25 bits per heavy atom. The highest BCUT2D eigenvalue weighted by molar-refractivity contribution is 8.14. The fourth-order valence-corrected chi connectivity index (χ4v) is 2.00. The van der Waals surface area contributed by atoms with Gasteiger partial charge in [-0.05, 0) is 29.4 Å². The molecular weight excluding hydrogens is 210 g/mol. The number of thioether (sulfide) groups is 1. The minimum absolute atomic E-state index is 0. The van der Waals surface area contributed by atoms with Gasteiger partial charge in [0.15, 0.2) is 0 Å². The van der Waals surface area contributed by atoms with Gasteiger partial charge in [0.2, 0.25) is 0 Å². The van der Waals surface area contributed by atoms with Crippen LogP contribution in [0.3, 0.4) is 0 Å². The molecule has 2 heterocycles. The zero-order chi connectivity index (χ0) is 7.94. The first-order valence-corrected chi connectivity index (χ1v) is 5.50. The lowest BCUT2D eigenvalue weighted by Crippen LogP contribution is -1.73. The fourth-order valence-electron chi connectivity index (χ4n) is 0.727. The maximum absolute atomic E-state index is 7.01. The van der Waals surface area contributed by atoms with Crippen LogP contribution in [0.15, 0.2) is 22.9 Å². The van der Waals surface area contributed by atoms with Crippen molar-refractivity contribution in [2.75, 3.05) is 5.75 Å². The van der Waals surface area contributed by atoms with Gasteiger partial charge in [0.05, 0.1) is 5.04 Å². The number of hydrogen-bond donors (Lipinski definition) is 1. The average molecular weight is 222 g/mol. The minimum Gasteiger partial charge on any atom is -0.298 e. The standard InChI is InChI=1S/C4H7NS.C4H4S.ClH/c5-4-2-1-3-6-4;1-2-4-5-3-1;/h5H,1-3H2;1-4H;1H. The Bertz CT molecular complexity index is 174. The second-order valence-electron chi connectivity index (χ2n) is 2.17. The van der Waals surface area contributed by atoms with Gasteiger partial charge in [0.1, 0.15) is 0 Å². The van der Waals surface area contributed by atoms with Crippen LogP contribution in [0.4, 0.5) is 0 Å². The summed E-state index contributed by atoms with van der Waals surface area (Å²) in [6.07, 6.45) is 2.26. The van der Waals surface area contributed by atoms with E-state index in [2.05, 4.69) is 0 Å². The van der Waals surface area contributed by atoms with Crippen LogP contribution in [0.2, 0.25) is 0 Å². The molecule has 1 aliphatic rings. The topological polar surface area (TPSA) is 23.9 Å². The van der Waals surface area contributed by atoms with E-state index in [1.54, 1.807) is 23.1 Å². The zero-order valence-electron chi connectivity index (χ0n) is 6.66. The van der Waals surface area contributed by atoms with E-state index in [1.165, 1.54) is 12.2 Å². The maximum Gasteiger partial charge on any atom is 0.0641 e. The molecule has 1 fully saturated rings. The third-order valence-corrected chi connectivity index (χ3v) is 2.92. The molecule has 0 bridgehead atoms.